The van der Waals surface area contributed by atoms with E-state index in [9.17, 15) is 8.42 Å². The van der Waals surface area contributed by atoms with Crippen LogP contribution in [0, 0.1) is 5.41 Å². The lowest BCUT2D eigenvalue weighted by atomic mass is 9.78. The highest BCUT2D eigenvalue weighted by atomic mass is 35.5. The van der Waals surface area contributed by atoms with E-state index in [4.69, 9.17) is 11.6 Å². The Morgan fingerprint density at radius 2 is 1.95 bits per heavy atom. The molecule has 0 bridgehead atoms. The Labute approximate surface area is 139 Å². The molecule has 0 radical (unpaired) electrons. The molecule has 124 valence electrons. The number of rotatable bonds is 6. The average molecular weight is 344 g/mol. The van der Waals surface area contributed by atoms with Gasteiger partial charge in [-0.15, -0.1) is 0 Å². The molecule has 0 N–H and O–H groups in total. The smallest absolute Gasteiger partial charge is 0.212 e. The third kappa shape index (κ3) is 4.71. The van der Waals surface area contributed by atoms with Crippen LogP contribution in [-0.4, -0.2) is 31.6 Å². The first kappa shape index (κ1) is 17.8. The van der Waals surface area contributed by atoms with Gasteiger partial charge in [0.25, 0.3) is 0 Å². The lowest BCUT2D eigenvalue weighted by molar-refractivity contribution is 0.165. The fraction of sp³-hybridized carbons (Fsp3) is 0.647. The number of hydrogen-bond acceptors (Lipinski definition) is 2. The SMILES string of the molecule is CCCCS(=O)(=O)N1CCCC(C)(Cc2ccc(Cl)cc2)C1. The van der Waals surface area contributed by atoms with Crippen LogP contribution in [0.1, 0.15) is 45.1 Å². The molecule has 3 nitrogen and oxygen atoms in total. The molecule has 0 saturated carbocycles. The molecule has 0 amide bonds. The topological polar surface area (TPSA) is 37.4 Å². The summed E-state index contributed by atoms with van der Waals surface area (Å²) >= 11 is 5.93. The van der Waals surface area contributed by atoms with Crippen molar-refractivity contribution in [1.29, 1.82) is 0 Å². The zero-order chi connectivity index (χ0) is 16.2. The van der Waals surface area contributed by atoms with Crippen molar-refractivity contribution in [2.45, 2.75) is 46.0 Å². The summed E-state index contributed by atoms with van der Waals surface area (Å²) < 4.78 is 26.6. The van der Waals surface area contributed by atoms with E-state index < -0.39 is 10.0 Å². The summed E-state index contributed by atoms with van der Waals surface area (Å²) in [5.41, 5.74) is 1.23. The molecule has 1 aromatic carbocycles. The van der Waals surface area contributed by atoms with Gasteiger partial charge in [0, 0.05) is 18.1 Å². The summed E-state index contributed by atoms with van der Waals surface area (Å²) in [4.78, 5) is 0. The van der Waals surface area contributed by atoms with E-state index in [0.717, 1.165) is 37.1 Å². The van der Waals surface area contributed by atoms with Crippen molar-refractivity contribution in [2.75, 3.05) is 18.8 Å². The van der Waals surface area contributed by atoms with E-state index in [1.54, 1.807) is 4.31 Å². The number of nitrogens with zero attached hydrogens (tertiary/aromatic N) is 1. The first-order valence-corrected chi connectivity index (χ1v) is 10.1. The van der Waals surface area contributed by atoms with E-state index in [-0.39, 0.29) is 11.2 Å². The van der Waals surface area contributed by atoms with Crippen LogP contribution >= 0.6 is 11.6 Å². The molecule has 1 unspecified atom stereocenters. The molecule has 1 heterocycles. The van der Waals surface area contributed by atoms with Gasteiger partial charge in [-0.1, -0.05) is 44.0 Å². The molecule has 5 heteroatoms. The van der Waals surface area contributed by atoms with Crippen LogP contribution in [0.25, 0.3) is 0 Å². The number of halogens is 1. The summed E-state index contributed by atoms with van der Waals surface area (Å²) in [7, 11) is -3.10. The van der Waals surface area contributed by atoms with E-state index in [1.807, 2.05) is 31.2 Å². The Balaban J connectivity index is 2.06. The minimum atomic E-state index is -3.10. The molecule has 1 atom stereocenters. The second kappa shape index (κ2) is 7.33. The lowest BCUT2D eigenvalue weighted by Gasteiger charge is -2.40. The number of sulfonamides is 1. The minimum absolute atomic E-state index is 0.00532. The molecule has 2 rings (SSSR count). The van der Waals surface area contributed by atoms with Gasteiger partial charge in [-0.2, -0.15) is 0 Å². The number of unbranched alkanes of at least 4 members (excludes halogenated alkanes) is 1. The Hall–Kier alpha value is -0.580. The molecule has 1 aliphatic heterocycles. The summed E-state index contributed by atoms with van der Waals surface area (Å²) in [6, 6.07) is 7.88. The van der Waals surface area contributed by atoms with Crippen molar-refractivity contribution in [1.82, 2.24) is 4.31 Å². The summed E-state index contributed by atoms with van der Waals surface area (Å²) in [6.07, 6.45) is 4.55. The van der Waals surface area contributed by atoms with Crippen molar-refractivity contribution in [2.24, 2.45) is 5.41 Å². The number of hydrogen-bond donors (Lipinski definition) is 0. The summed E-state index contributed by atoms with van der Waals surface area (Å²) in [5.74, 6) is 0.278. The predicted molar refractivity (Wildman–Crippen MR) is 92.8 cm³/mol. The Kier molecular flexibility index (Phi) is 5.92. The highest BCUT2D eigenvalue weighted by Crippen LogP contribution is 2.34. The molecular weight excluding hydrogens is 318 g/mol. The van der Waals surface area contributed by atoms with Gasteiger partial charge >= 0.3 is 0 Å². The number of benzene rings is 1. The van der Waals surface area contributed by atoms with Gasteiger partial charge in [0.2, 0.25) is 10.0 Å². The van der Waals surface area contributed by atoms with Gasteiger partial charge in [0.1, 0.15) is 0 Å². The molecule has 22 heavy (non-hydrogen) atoms. The van der Waals surface area contributed by atoms with E-state index in [0.29, 0.717) is 13.1 Å². The first-order chi connectivity index (χ1) is 10.3. The molecule has 0 aromatic heterocycles. The average Bonchev–Trinajstić information content (AvgIpc) is 2.47. The maximum absolute atomic E-state index is 12.4. The van der Waals surface area contributed by atoms with Crippen molar-refractivity contribution in [3.8, 4) is 0 Å². The van der Waals surface area contributed by atoms with Crippen LogP contribution in [0.5, 0.6) is 0 Å². The Morgan fingerprint density at radius 3 is 2.59 bits per heavy atom. The van der Waals surface area contributed by atoms with Gasteiger partial charge in [-0.3, -0.25) is 0 Å². The van der Waals surface area contributed by atoms with E-state index in [2.05, 4.69) is 6.92 Å². The van der Waals surface area contributed by atoms with Crippen LogP contribution in [0.4, 0.5) is 0 Å². The predicted octanol–water partition coefficient (Wildman–Crippen LogP) is 4.11. The molecular formula is C17H26ClNO2S. The molecule has 1 saturated heterocycles. The van der Waals surface area contributed by atoms with E-state index >= 15 is 0 Å². The third-order valence-corrected chi connectivity index (χ3v) is 6.59. The highest BCUT2D eigenvalue weighted by molar-refractivity contribution is 7.89. The zero-order valence-corrected chi connectivity index (χ0v) is 15.1. The second-order valence-electron chi connectivity index (χ2n) is 6.72. The van der Waals surface area contributed by atoms with Crippen LogP contribution in [0.3, 0.4) is 0 Å². The Bertz CT molecular complexity index is 585. The third-order valence-electron chi connectivity index (χ3n) is 4.44. The maximum atomic E-state index is 12.4. The number of piperidine rings is 1. The normalized spacial score (nSPS) is 23.6. The van der Waals surface area contributed by atoms with Crippen LogP contribution in [0.2, 0.25) is 5.02 Å². The second-order valence-corrected chi connectivity index (χ2v) is 9.25. The lowest BCUT2D eigenvalue weighted by Crippen LogP contribution is -2.46. The van der Waals surface area contributed by atoms with Crippen LogP contribution in [0.15, 0.2) is 24.3 Å². The van der Waals surface area contributed by atoms with Crippen molar-refractivity contribution >= 4 is 21.6 Å². The van der Waals surface area contributed by atoms with Gasteiger partial charge < -0.3 is 0 Å². The minimum Gasteiger partial charge on any atom is -0.212 e. The molecule has 1 aliphatic rings. The fourth-order valence-electron chi connectivity index (χ4n) is 3.20. The standard InChI is InChI=1S/C17H26ClNO2S/c1-3-4-12-22(20,21)19-11-5-10-17(2,14-19)13-15-6-8-16(18)9-7-15/h6-9H,3-5,10-14H2,1-2H3. The highest BCUT2D eigenvalue weighted by Gasteiger charge is 2.35. The van der Waals surface area contributed by atoms with Crippen molar-refractivity contribution in [3.63, 3.8) is 0 Å². The first-order valence-electron chi connectivity index (χ1n) is 8.07. The molecule has 0 spiro atoms. The molecule has 1 aromatic rings. The quantitative estimate of drug-likeness (QED) is 0.779. The fourth-order valence-corrected chi connectivity index (χ4v) is 5.15. The van der Waals surface area contributed by atoms with Gasteiger partial charge in [-0.25, -0.2) is 12.7 Å². The van der Waals surface area contributed by atoms with Gasteiger partial charge in [0.15, 0.2) is 0 Å². The molecule has 1 fully saturated rings. The van der Waals surface area contributed by atoms with Gasteiger partial charge in [0.05, 0.1) is 5.75 Å². The van der Waals surface area contributed by atoms with Crippen molar-refractivity contribution in [3.05, 3.63) is 34.9 Å². The largest absolute Gasteiger partial charge is 0.214 e. The van der Waals surface area contributed by atoms with E-state index in [1.165, 1.54) is 5.56 Å². The van der Waals surface area contributed by atoms with Crippen LogP contribution < -0.4 is 0 Å². The molecule has 0 aliphatic carbocycles. The monoisotopic (exact) mass is 343 g/mol. The van der Waals surface area contributed by atoms with Crippen molar-refractivity contribution < 1.29 is 8.42 Å². The zero-order valence-electron chi connectivity index (χ0n) is 13.5. The van der Waals surface area contributed by atoms with Gasteiger partial charge in [-0.05, 0) is 48.8 Å². The summed E-state index contributed by atoms with van der Waals surface area (Å²) in [5, 5.41) is 0.737. The van der Waals surface area contributed by atoms with Crippen LogP contribution in [-0.2, 0) is 16.4 Å². The Morgan fingerprint density at radius 1 is 1.27 bits per heavy atom. The summed E-state index contributed by atoms with van der Waals surface area (Å²) in [6.45, 7) is 5.52. The maximum Gasteiger partial charge on any atom is 0.214 e.